The summed E-state index contributed by atoms with van der Waals surface area (Å²) in [6.07, 6.45) is 5.17. The molecule has 1 aliphatic carbocycles. The Morgan fingerprint density at radius 1 is 1.22 bits per heavy atom. The molecule has 0 aliphatic heterocycles. The van der Waals surface area contributed by atoms with E-state index in [-0.39, 0.29) is 5.54 Å². The minimum atomic E-state index is 0.246. The van der Waals surface area contributed by atoms with Crippen LogP contribution in [-0.2, 0) is 6.54 Å². The summed E-state index contributed by atoms with van der Waals surface area (Å²) in [6.45, 7) is 6.17. The van der Waals surface area contributed by atoms with Crippen molar-refractivity contribution in [2.45, 2.75) is 51.6 Å². The Morgan fingerprint density at radius 3 is 2.50 bits per heavy atom. The summed E-state index contributed by atoms with van der Waals surface area (Å²) in [5, 5.41) is 0. The van der Waals surface area contributed by atoms with Crippen LogP contribution in [0.1, 0.15) is 42.4 Å². The highest BCUT2D eigenvalue weighted by Gasteiger charge is 2.36. The van der Waals surface area contributed by atoms with Crippen molar-refractivity contribution in [3.63, 3.8) is 0 Å². The number of rotatable bonds is 4. The highest BCUT2D eigenvalue weighted by atomic mass is 15.2. The third-order valence-corrected chi connectivity index (χ3v) is 4.64. The number of aryl methyl sites for hydroxylation is 2. The molecule has 1 aromatic rings. The van der Waals surface area contributed by atoms with E-state index < -0.39 is 0 Å². The van der Waals surface area contributed by atoms with E-state index in [1.165, 1.54) is 42.4 Å². The van der Waals surface area contributed by atoms with Crippen LogP contribution in [0.15, 0.2) is 18.2 Å². The molecular formula is C16H26N2. The molecule has 0 amide bonds. The molecule has 2 rings (SSSR count). The second kappa shape index (κ2) is 5.41. The van der Waals surface area contributed by atoms with Gasteiger partial charge in [0.25, 0.3) is 0 Å². The fraction of sp³-hybridized carbons (Fsp3) is 0.625. The highest BCUT2D eigenvalue weighted by molar-refractivity contribution is 5.30. The van der Waals surface area contributed by atoms with Crippen molar-refractivity contribution in [3.05, 3.63) is 34.9 Å². The zero-order valence-electron chi connectivity index (χ0n) is 12.0. The minimum absolute atomic E-state index is 0.246. The van der Waals surface area contributed by atoms with Gasteiger partial charge in [-0.15, -0.1) is 0 Å². The van der Waals surface area contributed by atoms with E-state index in [1.54, 1.807) is 0 Å². The van der Waals surface area contributed by atoms with Gasteiger partial charge in [0.05, 0.1) is 0 Å². The van der Waals surface area contributed by atoms with Crippen molar-refractivity contribution < 1.29 is 0 Å². The molecule has 0 heterocycles. The smallest absolute Gasteiger partial charge is 0.0332 e. The molecule has 0 unspecified atom stereocenters. The van der Waals surface area contributed by atoms with Crippen LogP contribution in [0.4, 0.5) is 0 Å². The van der Waals surface area contributed by atoms with Crippen LogP contribution in [0.2, 0.25) is 0 Å². The maximum atomic E-state index is 6.05. The van der Waals surface area contributed by atoms with Gasteiger partial charge in [0.1, 0.15) is 0 Å². The monoisotopic (exact) mass is 246 g/mol. The van der Waals surface area contributed by atoms with Gasteiger partial charge in [0.15, 0.2) is 0 Å². The highest BCUT2D eigenvalue weighted by Crippen LogP contribution is 2.34. The second-order valence-corrected chi connectivity index (χ2v) is 5.92. The van der Waals surface area contributed by atoms with Gasteiger partial charge < -0.3 is 5.73 Å². The number of nitrogens with zero attached hydrogens (tertiary/aromatic N) is 1. The van der Waals surface area contributed by atoms with Crippen molar-refractivity contribution in [1.82, 2.24) is 4.90 Å². The molecule has 1 saturated carbocycles. The van der Waals surface area contributed by atoms with Gasteiger partial charge >= 0.3 is 0 Å². The number of benzene rings is 1. The van der Waals surface area contributed by atoms with Crippen molar-refractivity contribution in [2.75, 3.05) is 13.6 Å². The minimum Gasteiger partial charge on any atom is -0.329 e. The fourth-order valence-corrected chi connectivity index (χ4v) is 3.17. The fourth-order valence-electron chi connectivity index (χ4n) is 3.17. The molecule has 2 nitrogen and oxygen atoms in total. The van der Waals surface area contributed by atoms with Gasteiger partial charge in [-0.05, 0) is 44.9 Å². The first-order valence-corrected chi connectivity index (χ1v) is 7.05. The molecule has 18 heavy (non-hydrogen) atoms. The van der Waals surface area contributed by atoms with E-state index >= 15 is 0 Å². The SMILES string of the molecule is Cc1ccc(C)c(CN(C)C2(CN)CCCC2)c1. The van der Waals surface area contributed by atoms with E-state index in [1.807, 2.05) is 0 Å². The predicted molar refractivity (Wildman–Crippen MR) is 77.6 cm³/mol. The lowest BCUT2D eigenvalue weighted by atomic mass is 9.94. The van der Waals surface area contributed by atoms with Crippen molar-refractivity contribution in [3.8, 4) is 0 Å². The lowest BCUT2D eigenvalue weighted by Gasteiger charge is -2.38. The Kier molecular flexibility index (Phi) is 4.08. The Bertz CT molecular complexity index is 406. The van der Waals surface area contributed by atoms with Crippen molar-refractivity contribution in [1.29, 1.82) is 0 Å². The lowest BCUT2D eigenvalue weighted by molar-refractivity contribution is 0.124. The predicted octanol–water partition coefficient (Wildman–Crippen LogP) is 3.01. The third-order valence-electron chi connectivity index (χ3n) is 4.64. The zero-order chi connectivity index (χ0) is 13.2. The van der Waals surface area contributed by atoms with Crippen LogP contribution in [0, 0.1) is 13.8 Å². The summed E-state index contributed by atoms with van der Waals surface area (Å²) in [5.74, 6) is 0. The molecule has 0 atom stereocenters. The van der Waals surface area contributed by atoms with Crippen LogP contribution in [0.25, 0.3) is 0 Å². The first kappa shape index (κ1) is 13.6. The summed E-state index contributed by atoms with van der Waals surface area (Å²) < 4.78 is 0. The molecular weight excluding hydrogens is 220 g/mol. The third kappa shape index (κ3) is 2.60. The van der Waals surface area contributed by atoms with Crippen molar-refractivity contribution >= 4 is 0 Å². The Labute approximate surface area is 111 Å². The summed E-state index contributed by atoms with van der Waals surface area (Å²) in [6, 6.07) is 6.72. The first-order chi connectivity index (χ1) is 8.57. The lowest BCUT2D eigenvalue weighted by Crippen LogP contribution is -2.49. The molecule has 0 saturated heterocycles. The van der Waals surface area contributed by atoms with Crippen LogP contribution in [-0.4, -0.2) is 24.0 Å². The summed E-state index contributed by atoms with van der Waals surface area (Å²) in [7, 11) is 2.24. The summed E-state index contributed by atoms with van der Waals surface area (Å²) in [4.78, 5) is 2.49. The topological polar surface area (TPSA) is 29.3 Å². The van der Waals surface area contributed by atoms with Gasteiger partial charge in [0, 0.05) is 18.6 Å². The number of likely N-dealkylation sites (N-methyl/N-ethyl adjacent to an activating group) is 1. The molecule has 0 spiro atoms. The van der Waals surface area contributed by atoms with E-state index in [0.29, 0.717) is 0 Å². The van der Waals surface area contributed by atoms with Gasteiger partial charge in [-0.3, -0.25) is 4.90 Å². The second-order valence-electron chi connectivity index (χ2n) is 5.92. The molecule has 0 bridgehead atoms. The summed E-state index contributed by atoms with van der Waals surface area (Å²) in [5.41, 5.74) is 10.5. The largest absolute Gasteiger partial charge is 0.329 e. The van der Waals surface area contributed by atoms with Crippen LogP contribution in [0.3, 0.4) is 0 Å². The van der Waals surface area contributed by atoms with E-state index in [0.717, 1.165) is 13.1 Å². The number of hydrogen-bond acceptors (Lipinski definition) is 2. The van der Waals surface area contributed by atoms with E-state index in [4.69, 9.17) is 5.73 Å². The van der Waals surface area contributed by atoms with Crippen LogP contribution >= 0.6 is 0 Å². The number of nitrogens with two attached hydrogens (primary N) is 1. The van der Waals surface area contributed by atoms with Gasteiger partial charge in [0.2, 0.25) is 0 Å². The molecule has 1 aromatic carbocycles. The Balaban J connectivity index is 2.15. The molecule has 1 aliphatic rings. The standard InChI is InChI=1S/C16H26N2/c1-13-6-7-14(2)15(10-13)11-18(3)16(12-17)8-4-5-9-16/h6-7,10H,4-5,8-9,11-12,17H2,1-3H3. The van der Waals surface area contributed by atoms with Gasteiger partial charge in [-0.1, -0.05) is 36.6 Å². The molecule has 0 radical (unpaired) electrons. The Hall–Kier alpha value is -0.860. The molecule has 0 aromatic heterocycles. The zero-order valence-corrected chi connectivity index (χ0v) is 12.0. The van der Waals surface area contributed by atoms with Crippen LogP contribution in [0.5, 0.6) is 0 Å². The molecule has 2 heteroatoms. The molecule has 1 fully saturated rings. The van der Waals surface area contributed by atoms with Gasteiger partial charge in [-0.2, -0.15) is 0 Å². The van der Waals surface area contributed by atoms with Crippen LogP contribution < -0.4 is 5.73 Å². The average Bonchev–Trinajstić information content (AvgIpc) is 2.84. The van der Waals surface area contributed by atoms with Crippen molar-refractivity contribution in [2.24, 2.45) is 5.73 Å². The Morgan fingerprint density at radius 2 is 1.89 bits per heavy atom. The normalized spacial score (nSPS) is 18.5. The quantitative estimate of drug-likeness (QED) is 0.885. The maximum Gasteiger partial charge on any atom is 0.0332 e. The summed E-state index contributed by atoms with van der Waals surface area (Å²) >= 11 is 0. The molecule has 2 N–H and O–H groups in total. The number of hydrogen-bond donors (Lipinski definition) is 1. The van der Waals surface area contributed by atoms with Gasteiger partial charge in [-0.25, -0.2) is 0 Å². The van der Waals surface area contributed by atoms with E-state index in [2.05, 4.69) is 44.0 Å². The first-order valence-electron chi connectivity index (χ1n) is 7.05. The van der Waals surface area contributed by atoms with E-state index in [9.17, 15) is 0 Å². The average molecular weight is 246 g/mol. The maximum absolute atomic E-state index is 6.05. The molecule has 100 valence electrons.